The molecular formula is C20H26N4O. The lowest BCUT2D eigenvalue weighted by Crippen LogP contribution is -2.31. The average Bonchev–Trinajstić information content (AvgIpc) is 3.08. The molecule has 5 heteroatoms. The standard InChI is InChI=1S/C20H26N4O/c1-3-16-5-7-19(22-10-16)14-24-9-8-17(13-24)11-23-20(25)18-6-4-15(2)21-12-18/h4-7,10,12,17H,3,8-9,11,13-14H2,1-2H3,(H,23,25). The molecule has 0 spiro atoms. The highest BCUT2D eigenvalue weighted by molar-refractivity contribution is 5.93. The number of aryl methyl sites for hydroxylation is 2. The Morgan fingerprint density at radius 1 is 1.24 bits per heavy atom. The van der Waals surface area contributed by atoms with Gasteiger partial charge in [0.15, 0.2) is 0 Å². The first-order valence-corrected chi connectivity index (χ1v) is 9.01. The molecule has 132 valence electrons. The van der Waals surface area contributed by atoms with Gasteiger partial charge in [-0.3, -0.25) is 19.7 Å². The van der Waals surface area contributed by atoms with Gasteiger partial charge in [0.1, 0.15) is 0 Å². The number of aromatic nitrogens is 2. The summed E-state index contributed by atoms with van der Waals surface area (Å²) in [4.78, 5) is 23.3. The van der Waals surface area contributed by atoms with Gasteiger partial charge in [-0.15, -0.1) is 0 Å². The molecule has 1 atom stereocenters. The van der Waals surface area contributed by atoms with Crippen molar-refractivity contribution in [2.45, 2.75) is 33.2 Å². The fraction of sp³-hybridized carbons (Fsp3) is 0.450. The summed E-state index contributed by atoms with van der Waals surface area (Å²) >= 11 is 0. The number of hydrogen-bond acceptors (Lipinski definition) is 4. The third kappa shape index (κ3) is 4.86. The second-order valence-electron chi connectivity index (χ2n) is 6.80. The van der Waals surface area contributed by atoms with Crippen LogP contribution in [0.2, 0.25) is 0 Å². The van der Waals surface area contributed by atoms with Gasteiger partial charge in [-0.25, -0.2) is 0 Å². The van der Waals surface area contributed by atoms with Gasteiger partial charge in [-0.1, -0.05) is 13.0 Å². The third-order valence-electron chi connectivity index (χ3n) is 4.77. The predicted octanol–water partition coefficient (Wildman–Crippen LogP) is 2.60. The molecule has 1 unspecified atom stereocenters. The SMILES string of the molecule is CCc1ccc(CN2CCC(CNC(=O)c3ccc(C)nc3)C2)nc1. The van der Waals surface area contributed by atoms with Crippen LogP contribution in [0.3, 0.4) is 0 Å². The molecule has 0 aromatic carbocycles. The molecule has 2 aromatic heterocycles. The predicted molar refractivity (Wildman–Crippen MR) is 98.3 cm³/mol. The molecule has 1 aliphatic heterocycles. The quantitative estimate of drug-likeness (QED) is 0.879. The number of nitrogens with zero attached hydrogens (tertiary/aromatic N) is 3. The van der Waals surface area contributed by atoms with Crippen molar-refractivity contribution in [3.8, 4) is 0 Å². The lowest BCUT2D eigenvalue weighted by molar-refractivity contribution is 0.0947. The molecular weight excluding hydrogens is 312 g/mol. The lowest BCUT2D eigenvalue weighted by Gasteiger charge is -2.16. The van der Waals surface area contributed by atoms with E-state index < -0.39 is 0 Å². The number of likely N-dealkylation sites (tertiary alicyclic amines) is 1. The highest BCUT2D eigenvalue weighted by atomic mass is 16.1. The molecule has 0 aliphatic carbocycles. The van der Waals surface area contributed by atoms with Crippen molar-refractivity contribution in [1.29, 1.82) is 0 Å². The zero-order chi connectivity index (χ0) is 17.6. The van der Waals surface area contributed by atoms with E-state index >= 15 is 0 Å². The van der Waals surface area contributed by atoms with Gasteiger partial charge in [0.2, 0.25) is 0 Å². The fourth-order valence-electron chi connectivity index (χ4n) is 3.15. The van der Waals surface area contributed by atoms with Crippen LogP contribution < -0.4 is 5.32 Å². The van der Waals surface area contributed by atoms with Crippen molar-refractivity contribution < 1.29 is 4.79 Å². The molecule has 0 radical (unpaired) electrons. The van der Waals surface area contributed by atoms with Gasteiger partial charge in [0.05, 0.1) is 11.3 Å². The minimum Gasteiger partial charge on any atom is -0.352 e. The maximum Gasteiger partial charge on any atom is 0.252 e. The van der Waals surface area contributed by atoms with E-state index in [9.17, 15) is 4.79 Å². The minimum atomic E-state index is -0.0391. The summed E-state index contributed by atoms with van der Waals surface area (Å²) in [7, 11) is 0. The molecule has 1 N–H and O–H groups in total. The van der Waals surface area contributed by atoms with E-state index in [0.29, 0.717) is 18.0 Å². The van der Waals surface area contributed by atoms with Gasteiger partial charge in [0, 0.05) is 37.7 Å². The van der Waals surface area contributed by atoms with E-state index in [-0.39, 0.29) is 5.91 Å². The van der Waals surface area contributed by atoms with Crippen LogP contribution in [0.1, 0.15) is 40.7 Å². The number of nitrogens with one attached hydrogen (secondary N) is 1. The Bertz CT molecular complexity index is 697. The maximum absolute atomic E-state index is 12.2. The van der Waals surface area contributed by atoms with E-state index in [2.05, 4.69) is 39.2 Å². The largest absolute Gasteiger partial charge is 0.352 e. The average molecular weight is 338 g/mol. The van der Waals surface area contributed by atoms with Gasteiger partial charge in [0.25, 0.3) is 5.91 Å². The van der Waals surface area contributed by atoms with Crippen LogP contribution in [0.4, 0.5) is 0 Å². The van der Waals surface area contributed by atoms with Crippen LogP contribution in [0.15, 0.2) is 36.7 Å². The monoisotopic (exact) mass is 338 g/mol. The molecule has 3 heterocycles. The summed E-state index contributed by atoms with van der Waals surface area (Å²) in [5, 5.41) is 3.04. The van der Waals surface area contributed by atoms with Crippen molar-refractivity contribution in [3.63, 3.8) is 0 Å². The van der Waals surface area contributed by atoms with Crippen LogP contribution in [-0.4, -0.2) is 40.4 Å². The molecule has 0 bridgehead atoms. The van der Waals surface area contributed by atoms with Crippen LogP contribution >= 0.6 is 0 Å². The van der Waals surface area contributed by atoms with Crippen molar-refractivity contribution in [2.24, 2.45) is 5.92 Å². The van der Waals surface area contributed by atoms with E-state index in [4.69, 9.17) is 0 Å². The van der Waals surface area contributed by atoms with E-state index in [0.717, 1.165) is 43.9 Å². The van der Waals surface area contributed by atoms with Crippen LogP contribution in [0.5, 0.6) is 0 Å². The van der Waals surface area contributed by atoms with Crippen molar-refractivity contribution in [3.05, 3.63) is 59.2 Å². The Balaban J connectivity index is 1.44. The summed E-state index contributed by atoms with van der Waals surface area (Å²) in [6.07, 6.45) is 5.74. The Labute approximate surface area is 149 Å². The Hall–Kier alpha value is -2.27. The summed E-state index contributed by atoms with van der Waals surface area (Å²) in [5.41, 5.74) is 3.94. The smallest absolute Gasteiger partial charge is 0.252 e. The van der Waals surface area contributed by atoms with Crippen molar-refractivity contribution in [1.82, 2.24) is 20.2 Å². The fourth-order valence-corrected chi connectivity index (χ4v) is 3.15. The first kappa shape index (κ1) is 17.5. The lowest BCUT2D eigenvalue weighted by atomic mass is 10.1. The number of rotatable bonds is 6. The molecule has 1 fully saturated rings. The van der Waals surface area contributed by atoms with Crippen LogP contribution in [-0.2, 0) is 13.0 Å². The first-order valence-electron chi connectivity index (χ1n) is 9.01. The van der Waals surface area contributed by atoms with Crippen LogP contribution in [0, 0.1) is 12.8 Å². The number of hydrogen-bond donors (Lipinski definition) is 1. The second-order valence-corrected chi connectivity index (χ2v) is 6.80. The Morgan fingerprint density at radius 3 is 2.80 bits per heavy atom. The minimum absolute atomic E-state index is 0.0391. The molecule has 0 saturated carbocycles. The van der Waals surface area contributed by atoms with E-state index in [1.807, 2.05) is 25.3 Å². The summed E-state index contributed by atoms with van der Waals surface area (Å²) < 4.78 is 0. The number of carbonyl (C=O) groups excluding carboxylic acids is 1. The normalized spacial score (nSPS) is 17.6. The molecule has 25 heavy (non-hydrogen) atoms. The zero-order valence-electron chi connectivity index (χ0n) is 15.0. The molecule has 3 rings (SSSR count). The molecule has 5 nitrogen and oxygen atoms in total. The van der Waals surface area contributed by atoms with Crippen LogP contribution in [0.25, 0.3) is 0 Å². The topological polar surface area (TPSA) is 58.1 Å². The number of pyridine rings is 2. The van der Waals surface area contributed by atoms with E-state index in [1.54, 1.807) is 6.20 Å². The molecule has 2 aromatic rings. The summed E-state index contributed by atoms with van der Waals surface area (Å²) in [5.74, 6) is 0.458. The zero-order valence-corrected chi connectivity index (χ0v) is 15.0. The van der Waals surface area contributed by atoms with E-state index in [1.165, 1.54) is 5.56 Å². The van der Waals surface area contributed by atoms with Crippen molar-refractivity contribution >= 4 is 5.91 Å². The molecule has 1 aliphatic rings. The molecule has 1 saturated heterocycles. The van der Waals surface area contributed by atoms with Gasteiger partial charge >= 0.3 is 0 Å². The van der Waals surface area contributed by atoms with Gasteiger partial charge in [-0.05, 0) is 56.0 Å². The third-order valence-corrected chi connectivity index (χ3v) is 4.77. The highest BCUT2D eigenvalue weighted by Crippen LogP contribution is 2.18. The van der Waals surface area contributed by atoms with Crippen molar-refractivity contribution in [2.75, 3.05) is 19.6 Å². The number of amides is 1. The molecule has 1 amide bonds. The highest BCUT2D eigenvalue weighted by Gasteiger charge is 2.23. The number of carbonyl (C=O) groups is 1. The summed E-state index contributed by atoms with van der Waals surface area (Å²) in [6.45, 7) is 7.72. The van der Waals surface area contributed by atoms with Gasteiger partial charge in [-0.2, -0.15) is 0 Å². The Morgan fingerprint density at radius 2 is 2.12 bits per heavy atom. The Kier molecular flexibility index (Phi) is 5.76. The first-order chi connectivity index (χ1) is 12.1. The second kappa shape index (κ2) is 8.21. The summed E-state index contributed by atoms with van der Waals surface area (Å²) in [6, 6.07) is 7.97. The maximum atomic E-state index is 12.2. The van der Waals surface area contributed by atoms with Gasteiger partial charge < -0.3 is 5.32 Å².